The smallest absolute Gasteiger partial charge is 0.251 e. The Morgan fingerprint density at radius 1 is 1.37 bits per heavy atom. The highest BCUT2D eigenvalue weighted by atomic mass is 79.9. The predicted molar refractivity (Wildman–Crippen MR) is 82.4 cm³/mol. The number of amides is 1. The average Bonchev–Trinajstić information content (AvgIpc) is 2.34. The zero-order chi connectivity index (χ0) is 14.0. The first-order chi connectivity index (χ1) is 8.90. The maximum atomic E-state index is 12.4. The first-order valence-corrected chi connectivity index (χ1v) is 7.76. The van der Waals surface area contributed by atoms with Crippen LogP contribution in [0.3, 0.4) is 0 Å². The van der Waals surface area contributed by atoms with Crippen LogP contribution in [0, 0.1) is 12.3 Å². The van der Waals surface area contributed by atoms with E-state index in [-0.39, 0.29) is 17.4 Å². The summed E-state index contributed by atoms with van der Waals surface area (Å²) >= 11 is 3.43. The van der Waals surface area contributed by atoms with E-state index in [0.29, 0.717) is 0 Å². The van der Waals surface area contributed by atoms with E-state index in [4.69, 9.17) is 0 Å². The molecule has 1 aromatic rings. The zero-order valence-electron chi connectivity index (χ0n) is 11.9. The van der Waals surface area contributed by atoms with Crippen LogP contribution in [-0.4, -0.2) is 11.9 Å². The van der Waals surface area contributed by atoms with Crippen LogP contribution in [-0.2, 0) is 0 Å². The SMILES string of the molecule is Cc1ccc(Br)cc1C(=O)NC1CCCCC1(C)C. The van der Waals surface area contributed by atoms with E-state index in [1.54, 1.807) is 0 Å². The summed E-state index contributed by atoms with van der Waals surface area (Å²) in [5.41, 5.74) is 2.00. The summed E-state index contributed by atoms with van der Waals surface area (Å²) in [5, 5.41) is 3.23. The Hall–Kier alpha value is -0.830. The molecule has 1 atom stereocenters. The van der Waals surface area contributed by atoms with E-state index in [9.17, 15) is 4.79 Å². The minimum atomic E-state index is 0.0544. The van der Waals surface area contributed by atoms with Crippen LogP contribution in [0.2, 0.25) is 0 Å². The molecular formula is C16H22BrNO. The molecule has 0 aromatic heterocycles. The molecule has 0 spiro atoms. The molecule has 1 saturated carbocycles. The van der Waals surface area contributed by atoms with E-state index in [1.165, 1.54) is 19.3 Å². The van der Waals surface area contributed by atoms with E-state index >= 15 is 0 Å². The van der Waals surface area contributed by atoms with Gasteiger partial charge in [-0.05, 0) is 42.9 Å². The Morgan fingerprint density at radius 2 is 2.11 bits per heavy atom. The molecule has 1 aliphatic carbocycles. The highest BCUT2D eigenvalue weighted by Gasteiger charge is 2.33. The summed E-state index contributed by atoms with van der Waals surface area (Å²) in [6.07, 6.45) is 4.77. The third kappa shape index (κ3) is 3.38. The van der Waals surface area contributed by atoms with Crippen LogP contribution in [0.25, 0.3) is 0 Å². The van der Waals surface area contributed by atoms with Gasteiger partial charge < -0.3 is 5.32 Å². The second kappa shape index (κ2) is 5.66. The maximum Gasteiger partial charge on any atom is 0.251 e. The van der Waals surface area contributed by atoms with Gasteiger partial charge >= 0.3 is 0 Å². The van der Waals surface area contributed by atoms with E-state index in [2.05, 4.69) is 35.1 Å². The Kier molecular flexibility index (Phi) is 4.34. The van der Waals surface area contributed by atoms with Crippen molar-refractivity contribution in [3.8, 4) is 0 Å². The van der Waals surface area contributed by atoms with Gasteiger partial charge in [0.15, 0.2) is 0 Å². The normalized spacial score (nSPS) is 22.0. The van der Waals surface area contributed by atoms with E-state index < -0.39 is 0 Å². The second-order valence-electron chi connectivity index (χ2n) is 6.22. The van der Waals surface area contributed by atoms with Crippen molar-refractivity contribution in [3.05, 3.63) is 33.8 Å². The molecule has 2 nitrogen and oxygen atoms in total. The fraction of sp³-hybridized carbons (Fsp3) is 0.562. The minimum absolute atomic E-state index is 0.0544. The Bertz CT molecular complexity index is 482. The number of hydrogen-bond donors (Lipinski definition) is 1. The number of halogens is 1. The Balaban J connectivity index is 2.14. The number of hydrogen-bond acceptors (Lipinski definition) is 1. The lowest BCUT2D eigenvalue weighted by atomic mass is 9.73. The lowest BCUT2D eigenvalue weighted by molar-refractivity contribution is 0.0853. The number of carbonyl (C=O) groups excluding carboxylic acids is 1. The molecule has 1 fully saturated rings. The van der Waals surface area contributed by atoms with Crippen molar-refractivity contribution in [1.82, 2.24) is 5.32 Å². The van der Waals surface area contributed by atoms with Crippen molar-refractivity contribution in [3.63, 3.8) is 0 Å². The van der Waals surface area contributed by atoms with Gasteiger partial charge in [0.1, 0.15) is 0 Å². The van der Waals surface area contributed by atoms with Crippen LogP contribution in [0.15, 0.2) is 22.7 Å². The molecule has 0 saturated heterocycles. The molecule has 1 N–H and O–H groups in total. The monoisotopic (exact) mass is 323 g/mol. The van der Waals surface area contributed by atoms with Gasteiger partial charge in [0.05, 0.1) is 0 Å². The number of aryl methyl sites for hydroxylation is 1. The molecule has 1 aromatic carbocycles. The third-order valence-corrected chi connectivity index (χ3v) is 4.75. The van der Waals surface area contributed by atoms with Gasteiger partial charge in [0.2, 0.25) is 0 Å². The molecule has 19 heavy (non-hydrogen) atoms. The van der Waals surface area contributed by atoms with Crippen LogP contribution >= 0.6 is 15.9 Å². The van der Waals surface area contributed by atoms with Gasteiger partial charge in [-0.2, -0.15) is 0 Å². The van der Waals surface area contributed by atoms with Gasteiger partial charge in [0, 0.05) is 16.1 Å². The maximum absolute atomic E-state index is 12.4. The second-order valence-corrected chi connectivity index (χ2v) is 7.14. The van der Waals surface area contributed by atoms with Crippen LogP contribution < -0.4 is 5.32 Å². The fourth-order valence-corrected chi connectivity index (χ4v) is 3.20. The highest BCUT2D eigenvalue weighted by molar-refractivity contribution is 9.10. The van der Waals surface area contributed by atoms with Gasteiger partial charge in [-0.1, -0.05) is 48.7 Å². The number of rotatable bonds is 2. The van der Waals surface area contributed by atoms with Gasteiger partial charge in [0.25, 0.3) is 5.91 Å². The van der Waals surface area contributed by atoms with Gasteiger partial charge in [-0.3, -0.25) is 4.79 Å². The molecule has 104 valence electrons. The molecule has 0 heterocycles. The molecule has 1 aliphatic rings. The van der Waals surface area contributed by atoms with Crippen molar-refractivity contribution in [2.45, 2.75) is 52.5 Å². The molecule has 1 amide bonds. The van der Waals surface area contributed by atoms with Crippen molar-refractivity contribution in [1.29, 1.82) is 0 Å². The molecule has 0 radical (unpaired) electrons. The zero-order valence-corrected chi connectivity index (χ0v) is 13.5. The number of carbonyl (C=O) groups is 1. The summed E-state index contributed by atoms with van der Waals surface area (Å²) in [6, 6.07) is 6.13. The van der Waals surface area contributed by atoms with Gasteiger partial charge in [-0.15, -0.1) is 0 Å². The average molecular weight is 324 g/mol. The first kappa shape index (κ1) is 14.6. The van der Waals surface area contributed by atoms with Crippen molar-refractivity contribution < 1.29 is 4.79 Å². The van der Waals surface area contributed by atoms with Crippen LogP contribution in [0.1, 0.15) is 55.5 Å². The number of nitrogens with one attached hydrogen (secondary N) is 1. The summed E-state index contributed by atoms with van der Waals surface area (Å²) in [5.74, 6) is 0.0544. The van der Waals surface area contributed by atoms with Crippen molar-refractivity contribution in [2.24, 2.45) is 5.41 Å². The third-order valence-electron chi connectivity index (χ3n) is 4.26. The largest absolute Gasteiger partial charge is 0.349 e. The Labute approximate surface area is 124 Å². The molecule has 3 heteroatoms. The summed E-state index contributed by atoms with van der Waals surface area (Å²) in [4.78, 5) is 12.4. The van der Waals surface area contributed by atoms with Gasteiger partial charge in [-0.25, -0.2) is 0 Å². The topological polar surface area (TPSA) is 29.1 Å². The van der Waals surface area contributed by atoms with Crippen molar-refractivity contribution >= 4 is 21.8 Å². The predicted octanol–water partition coefficient (Wildman–Crippen LogP) is 4.46. The molecule has 1 unspecified atom stereocenters. The Morgan fingerprint density at radius 3 is 2.79 bits per heavy atom. The van der Waals surface area contributed by atoms with Crippen molar-refractivity contribution in [2.75, 3.05) is 0 Å². The van der Waals surface area contributed by atoms with E-state index in [0.717, 1.165) is 22.0 Å². The minimum Gasteiger partial charge on any atom is -0.349 e. The lowest BCUT2D eigenvalue weighted by Gasteiger charge is -2.39. The van der Waals surface area contributed by atoms with Crippen LogP contribution in [0.5, 0.6) is 0 Å². The summed E-state index contributed by atoms with van der Waals surface area (Å²) in [7, 11) is 0. The highest BCUT2D eigenvalue weighted by Crippen LogP contribution is 2.35. The molecule has 2 rings (SSSR count). The lowest BCUT2D eigenvalue weighted by Crippen LogP contribution is -2.46. The summed E-state index contributed by atoms with van der Waals surface area (Å²) < 4.78 is 0.950. The fourth-order valence-electron chi connectivity index (χ4n) is 2.84. The molecular weight excluding hydrogens is 302 g/mol. The quantitative estimate of drug-likeness (QED) is 0.855. The standard InChI is InChI=1S/C16H22BrNO/c1-11-7-8-12(17)10-13(11)15(19)18-14-6-4-5-9-16(14,2)3/h7-8,10,14H,4-6,9H2,1-3H3,(H,18,19). The summed E-state index contributed by atoms with van der Waals surface area (Å²) in [6.45, 7) is 6.49. The van der Waals surface area contributed by atoms with Crippen LogP contribution in [0.4, 0.5) is 0 Å². The number of benzene rings is 1. The van der Waals surface area contributed by atoms with E-state index in [1.807, 2.05) is 25.1 Å². The first-order valence-electron chi connectivity index (χ1n) is 6.97. The molecule has 0 aliphatic heterocycles. The molecule has 0 bridgehead atoms.